The normalized spacial score (nSPS) is 10.1. The predicted octanol–water partition coefficient (Wildman–Crippen LogP) is 1.89. The maximum absolute atomic E-state index is 4.37. The number of anilines is 2. The maximum atomic E-state index is 4.37. The Bertz CT molecular complexity index is 655. The molecule has 5 heteroatoms. The summed E-state index contributed by atoms with van der Waals surface area (Å²) in [6, 6.07) is 15.6. The Morgan fingerprint density at radius 3 is 2.37 bits per heavy atom. The van der Waals surface area contributed by atoms with E-state index in [0.717, 1.165) is 5.69 Å². The van der Waals surface area contributed by atoms with Crippen molar-refractivity contribution in [1.82, 2.24) is 15.0 Å². The number of nitrogens with one attached hydrogen (secondary N) is 1. The monoisotopic (exact) mass is 250 g/mol. The van der Waals surface area contributed by atoms with E-state index < -0.39 is 0 Å². The molecule has 3 aromatic rings. The summed E-state index contributed by atoms with van der Waals surface area (Å²) in [4.78, 5) is 12.6. The quantitative estimate of drug-likeness (QED) is 0.721. The lowest BCUT2D eigenvalue weighted by molar-refractivity contribution is -0.603. The molecule has 0 fully saturated rings. The van der Waals surface area contributed by atoms with Crippen LogP contribution < -0.4 is 9.88 Å². The van der Waals surface area contributed by atoms with Gasteiger partial charge in [-0.2, -0.15) is 4.98 Å². The summed E-state index contributed by atoms with van der Waals surface area (Å²) in [5, 5.41) is 3.14. The van der Waals surface area contributed by atoms with Crippen LogP contribution in [0.3, 0.4) is 0 Å². The van der Waals surface area contributed by atoms with Gasteiger partial charge in [0.2, 0.25) is 6.33 Å². The highest BCUT2D eigenvalue weighted by Gasteiger charge is 2.11. The van der Waals surface area contributed by atoms with Crippen LogP contribution >= 0.6 is 0 Å². The molecule has 5 nitrogen and oxygen atoms in total. The van der Waals surface area contributed by atoms with E-state index in [1.807, 2.05) is 65.5 Å². The van der Waals surface area contributed by atoms with Gasteiger partial charge in [-0.3, -0.25) is 0 Å². The molecule has 2 aromatic heterocycles. The van der Waals surface area contributed by atoms with Crippen molar-refractivity contribution < 1.29 is 4.57 Å². The first-order chi connectivity index (χ1) is 9.42. The fourth-order valence-corrected chi connectivity index (χ4v) is 1.65. The minimum Gasteiger partial charge on any atom is -0.310 e. The number of hydrogen-bond donors (Lipinski definition) is 1. The summed E-state index contributed by atoms with van der Waals surface area (Å²) in [5.74, 6) is 1.10. The zero-order chi connectivity index (χ0) is 12.9. The Hall–Kier alpha value is -2.82. The summed E-state index contributed by atoms with van der Waals surface area (Å²) in [6.45, 7) is 0. The molecular formula is C14H12N5+. The highest BCUT2D eigenvalue weighted by molar-refractivity contribution is 5.52. The molecule has 0 spiro atoms. The molecule has 0 aliphatic rings. The molecule has 92 valence electrons. The molecule has 0 saturated heterocycles. The Labute approximate surface area is 110 Å². The van der Waals surface area contributed by atoms with Crippen LogP contribution in [0.25, 0.3) is 5.95 Å². The Kier molecular flexibility index (Phi) is 3.10. The predicted molar refractivity (Wildman–Crippen MR) is 71.1 cm³/mol. The standard InChI is InChI=1S/C14H12N5/c1-3-7-12(8-4-1)17-13-15-11-16-14(18-13)19-9-5-2-6-10-19/h1-11H,(H,15,16,17,18)/q+1. The second-order valence-corrected chi connectivity index (χ2v) is 3.88. The van der Waals surface area contributed by atoms with Crippen LogP contribution in [-0.4, -0.2) is 15.0 Å². The van der Waals surface area contributed by atoms with Gasteiger partial charge in [0.15, 0.2) is 0 Å². The van der Waals surface area contributed by atoms with E-state index in [4.69, 9.17) is 0 Å². The number of benzene rings is 1. The third kappa shape index (κ3) is 2.71. The van der Waals surface area contributed by atoms with Crippen molar-refractivity contribution >= 4 is 11.6 Å². The van der Waals surface area contributed by atoms with E-state index >= 15 is 0 Å². The number of nitrogens with zero attached hydrogens (tertiary/aromatic N) is 4. The van der Waals surface area contributed by atoms with Crippen molar-refractivity contribution in [1.29, 1.82) is 0 Å². The molecule has 1 aromatic carbocycles. The summed E-state index contributed by atoms with van der Waals surface area (Å²) < 4.78 is 1.83. The summed E-state index contributed by atoms with van der Waals surface area (Å²) in [6.07, 6.45) is 5.27. The first kappa shape index (κ1) is 11.3. The molecular weight excluding hydrogens is 238 g/mol. The van der Waals surface area contributed by atoms with Crippen molar-refractivity contribution in [2.75, 3.05) is 5.32 Å². The molecule has 0 amide bonds. The van der Waals surface area contributed by atoms with Crippen LogP contribution in [0.4, 0.5) is 11.6 Å². The van der Waals surface area contributed by atoms with Crippen molar-refractivity contribution in [3.8, 4) is 5.95 Å². The topological polar surface area (TPSA) is 54.6 Å². The fraction of sp³-hybridized carbons (Fsp3) is 0. The van der Waals surface area contributed by atoms with E-state index in [1.165, 1.54) is 6.33 Å². The number of para-hydroxylation sites is 1. The van der Waals surface area contributed by atoms with Gasteiger partial charge in [0.1, 0.15) is 0 Å². The number of hydrogen-bond acceptors (Lipinski definition) is 4. The van der Waals surface area contributed by atoms with Crippen LogP contribution in [0, 0.1) is 0 Å². The third-order valence-corrected chi connectivity index (χ3v) is 2.54. The SMILES string of the molecule is c1ccc(Nc2ncnc(-[n+]3ccccc3)n2)cc1. The first-order valence-corrected chi connectivity index (χ1v) is 5.89. The molecule has 3 rings (SSSR count). The molecule has 19 heavy (non-hydrogen) atoms. The van der Waals surface area contributed by atoms with Crippen LogP contribution in [0.5, 0.6) is 0 Å². The minimum absolute atomic E-state index is 0.521. The third-order valence-electron chi connectivity index (χ3n) is 2.54. The van der Waals surface area contributed by atoms with Gasteiger partial charge in [0.05, 0.1) is 12.4 Å². The second kappa shape index (κ2) is 5.22. The smallest absolute Gasteiger partial charge is 0.310 e. The van der Waals surface area contributed by atoms with Gasteiger partial charge < -0.3 is 5.32 Å². The van der Waals surface area contributed by atoms with Crippen molar-refractivity contribution in [2.45, 2.75) is 0 Å². The van der Waals surface area contributed by atoms with Crippen molar-refractivity contribution in [2.24, 2.45) is 0 Å². The van der Waals surface area contributed by atoms with Gasteiger partial charge in [-0.25, -0.2) is 4.57 Å². The van der Waals surface area contributed by atoms with Gasteiger partial charge in [-0.1, -0.05) is 29.2 Å². The van der Waals surface area contributed by atoms with Crippen LogP contribution in [-0.2, 0) is 0 Å². The summed E-state index contributed by atoms with van der Waals surface area (Å²) in [7, 11) is 0. The maximum Gasteiger partial charge on any atom is 0.442 e. The Morgan fingerprint density at radius 2 is 1.58 bits per heavy atom. The van der Waals surface area contributed by atoms with Crippen molar-refractivity contribution in [3.63, 3.8) is 0 Å². The van der Waals surface area contributed by atoms with Gasteiger partial charge in [-0.15, -0.1) is 0 Å². The second-order valence-electron chi connectivity index (χ2n) is 3.88. The largest absolute Gasteiger partial charge is 0.442 e. The lowest BCUT2D eigenvalue weighted by atomic mass is 10.3. The molecule has 0 unspecified atom stereocenters. The van der Waals surface area contributed by atoms with Crippen LogP contribution in [0.1, 0.15) is 0 Å². The van der Waals surface area contributed by atoms with E-state index in [9.17, 15) is 0 Å². The number of aromatic nitrogens is 4. The minimum atomic E-state index is 0.521. The molecule has 0 atom stereocenters. The van der Waals surface area contributed by atoms with E-state index in [1.54, 1.807) is 0 Å². The molecule has 1 N–H and O–H groups in total. The van der Waals surface area contributed by atoms with E-state index in [2.05, 4.69) is 20.3 Å². The first-order valence-electron chi connectivity index (χ1n) is 5.89. The van der Waals surface area contributed by atoms with Gasteiger partial charge in [0, 0.05) is 5.69 Å². The molecule has 2 heterocycles. The molecule has 0 aliphatic heterocycles. The van der Waals surface area contributed by atoms with Crippen LogP contribution in [0.15, 0.2) is 67.3 Å². The number of pyridine rings is 1. The molecule has 0 aliphatic carbocycles. The summed E-state index contributed by atoms with van der Waals surface area (Å²) >= 11 is 0. The van der Waals surface area contributed by atoms with E-state index in [-0.39, 0.29) is 0 Å². The fourth-order valence-electron chi connectivity index (χ4n) is 1.65. The average molecular weight is 250 g/mol. The van der Waals surface area contributed by atoms with Gasteiger partial charge in [0.25, 0.3) is 0 Å². The van der Waals surface area contributed by atoms with Gasteiger partial charge >= 0.3 is 11.9 Å². The Balaban J connectivity index is 1.89. The molecule has 0 bridgehead atoms. The Morgan fingerprint density at radius 1 is 0.842 bits per heavy atom. The van der Waals surface area contributed by atoms with Gasteiger partial charge in [-0.05, 0) is 29.2 Å². The zero-order valence-corrected chi connectivity index (χ0v) is 10.1. The van der Waals surface area contributed by atoms with Crippen molar-refractivity contribution in [3.05, 3.63) is 67.3 Å². The zero-order valence-electron chi connectivity index (χ0n) is 10.1. The lowest BCUT2D eigenvalue weighted by Crippen LogP contribution is -2.32. The van der Waals surface area contributed by atoms with Crippen LogP contribution in [0.2, 0.25) is 0 Å². The van der Waals surface area contributed by atoms with E-state index in [0.29, 0.717) is 11.9 Å². The lowest BCUT2D eigenvalue weighted by Gasteiger charge is -2.00. The summed E-state index contributed by atoms with van der Waals surface area (Å²) in [5.41, 5.74) is 0.942. The highest BCUT2D eigenvalue weighted by atomic mass is 15.2. The number of rotatable bonds is 3. The highest BCUT2D eigenvalue weighted by Crippen LogP contribution is 2.10. The molecule has 0 radical (unpaired) electrons. The average Bonchev–Trinajstić information content (AvgIpc) is 2.49. The molecule has 0 saturated carbocycles.